The molecule has 2 aromatic carbocycles. The van der Waals surface area contributed by atoms with Gasteiger partial charge < -0.3 is 9.72 Å². The maximum atomic E-state index is 5.98. The molecule has 1 heterocycles. The molecular weight excluding hydrogens is 258 g/mol. The molecule has 0 spiro atoms. The summed E-state index contributed by atoms with van der Waals surface area (Å²) in [7, 11) is 0. The standard InChI is InChI=1S/C19H19NO/c1-2-3-9-16-10-11-18(17-12-13-20-19(16)17)21-14-15-7-5-4-6-8-15/h2,4-8,10-13,20H,1,3,9,14H2. The molecule has 3 rings (SSSR count). The second kappa shape index (κ2) is 6.31. The molecule has 2 nitrogen and oxygen atoms in total. The number of aryl methyl sites for hydroxylation is 1. The van der Waals surface area contributed by atoms with Gasteiger partial charge in [0.05, 0.1) is 5.52 Å². The van der Waals surface area contributed by atoms with Gasteiger partial charge in [-0.2, -0.15) is 0 Å². The van der Waals surface area contributed by atoms with Gasteiger partial charge in [0.2, 0.25) is 0 Å². The average Bonchev–Trinajstić information content (AvgIpc) is 3.02. The summed E-state index contributed by atoms with van der Waals surface area (Å²) in [5.41, 5.74) is 3.65. The Morgan fingerprint density at radius 1 is 1.05 bits per heavy atom. The maximum absolute atomic E-state index is 5.98. The Bertz CT molecular complexity index is 728. The molecule has 3 aromatic rings. The minimum absolute atomic E-state index is 0.590. The molecule has 0 amide bonds. The molecule has 1 aromatic heterocycles. The normalized spacial score (nSPS) is 10.7. The van der Waals surface area contributed by atoms with Crippen LogP contribution in [0.25, 0.3) is 10.9 Å². The van der Waals surface area contributed by atoms with Gasteiger partial charge in [-0.1, -0.05) is 42.5 Å². The number of hydrogen-bond acceptors (Lipinski definition) is 1. The van der Waals surface area contributed by atoms with Crippen molar-refractivity contribution in [1.82, 2.24) is 4.98 Å². The van der Waals surface area contributed by atoms with E-state index < -0.39 is 0 Å². The summed E-state index contributed by atoms with van der Waals surface area (Å²) in [5.74, 6) is 0.928. The Morgan fingerprint density at radius 3 is 2.71 bits per heavy atom. The molecule has 0 fully saturated rings. The van der Waals surface area contributed by atoms with Crippen molar-refractivity contribution in [2.24, 2.45) is 0 Å². The molecule has 1 N–H and O–H groups in total. The molecule has 21 heavy (non-hydrogen) atoms. The van der Waals surface area contributed by atoms with Crippen LogP contribution in [0.4, 0.5) is 0 Å². The number of allylic oxidation sites excluding steroid dienone is 1. The molecule has 0 aliphatic rings. The smallest absolute Gasteiger partial charge is 0.129 e. The first-order valence-corrected chi connectivity index (χ1v) is 7.25. The minimum Gasteiger partial charge on any atom is -0.488 e. The number of aromatic amines is 1. The van der Waals surface area contributed by atoms with Gasteiger partial charge in [-0.3, -0.25) is 0 Å². The van der Waals surface area contributed by atoms with Crippen LogP contribution in [0, 0.1) is 0 Å². The Hall–Kier alpha value is -2.48. The van der Waals surface area contributed by atoms with Crippen molar-refractivity contribution in [2.75, 3.05) is 0 Å². The summed E-state index contributed by atoms with van der Waals surface area (Å²) in [6.07, 6.45) is 5.91. The monoisotopic (exact) mass is 277 g/mol. The van der Waals surface area contributed by atoms with Gasteiger partial charge in [-0.15, -0.1) is 6.58 Å². The van der Waals surface area contributed by atoms with Crippen LogP contribution in [0.5, 0.6) is 5.75 Å². The first-order valence-electron chi connectivity index (χ1n) is 7.25. The van der Waals surface area contributed by atoms with E-state index in [1.54, 1.807) is 0 Å². The molecule has 0 aliphatic carbocycles. The molecule has 106 valence electrons. The van der Waals surface area contributed by atoms with Crippen LogP contribution >= 0.6 is 0 Å². The van der Waals surface area contributed by atoms with Crippen molar-refractivity contribution in [2.45, 2.75) is 19.4 Å². The molecule has 0 radical (unpaired) electrons. The SMILES string of the molecule is C=CCCc1ccc(OCc2ccccc2)c2cc[nH]c12. The summed E-state index contributed by atoms with van der Waals surface area (Å²) in [6, 6.07) is 16.5. The van der Waals surface area contributed by atoms with E-state index in [0.717, 1.165) is 24.0 Å². The van der Waals surface area contributed by atoms with Crippen molar-refractivity contribution in [3.05, 3.63) is 78.5 Å². The summed E-state index contributed by atoms with van der Waals surface area (Å²) in [6.45, 7) is 4.38. The van der Waals surface area contributed by atoms with Crippen LogP contribution in [-0.4, -0.2) is 4.98 Å². The number of nitrogens with one attached hydrogen (secondary N) is 1. The molecule has 0 saturated heterocycles. The van der Waals surface area contributed by atoms with E-state index in [0.29, 0.717) is 6.61 Å². The zero-order chi connectivity index (χ0) is 14.5. The van der Waals surface area contributed by atoms with Gasteiger partial charge in [0.15, 0.2) is 0 Å². The molecule has 0 atom stereocenters. The summed E-state index contributed by atoms with van der Waals surface area (Å²) in [5, 5.41) is 1.15. The predicted molar refractivity (Wildman–Crippen MR) is 87.6 cm³/mol. The van der Waals surface area contributed by atoms with Gasteiger partial charge in [-0.25, -0.2) is 0 Å². The van der Waals surface area contributed by atoms with Crippen molar-refractivity contribution in [3.63, 3.8) is 0 Å². The van der Waals surface area contributed by atoms with E-state index in [-0.39, 0.29) is 0 Å². The average molecular weight is 277 g/mol. The van der Waals surface area contributed by atoms with Crippen LogP contribution in [0.1, 0.15) is 17.5 Å². The summed E-state index contributed by atoms with van der Waals surface area (Å²) >= 11 is 0. The lowest BCUT2D eigenvalue weighted by atomic mass is 10.1. The third kappa shape index (κ3) is 3.00. The number of benzene rings is 2. The lowest BCUT2D eigenvalue weighted by Gasteiger charge is -2.10. The van der Waals surface area contributed by atoms with Crippen molar-refractivity contribution >= 4 is 10.9 Å². The number of ether oxygens (including phenoxy) is 1. The molecule has 0 unspecified atom stereocenters. The van der Waals surface area contributed by atoms with Crippen LogP contribution < -0.4 is 4.74 Å². The zero-order valence-electron chi connectivity index (χ0n) is 12.0. The second-order valence-corrected chi connectivity index (χ2v) is 5.09. The minimum atomic E-state index is 0.590. The summed E-state index contributed by atoms with van der Waals surface area (Å²) < 4.78 is 5.98. The molecule has 2 heteroatoms. The topological polar surface area (TPSA) is 25.0 Å². The fourth-order valence-corrected chi connectivity index (χ4v) is 2.52. The fourth-order valence-electron chi connectivity index (χ4n) is 2.52. The number of hydrogen-bond donors (Lipinski definition) is 1. The van der Waals surface area contributed by atoms with Gasteiger partial charge in [0, 0.05) is 11.6 Å². The Labute approximate surface area is 125 Å². The van der Waals surface area contributed by atoms with E-state index >= 15 is 0 Å². The molecular formula is C19H19NO. The van der Waals surface area contributed by atoms with Crippen molar-refractivity contribution in [3.8, 4) is 5.75 Å². The third-order valence-corrected chi connectivity index (χ3v) is 3.62. The van der Waals surface area contributed by atoms with Gasteiger partial charge in [0.1, 0.15) is 12.4 Å². The van der Waals surface area contributed by atoms with Crippen molar-refractivity contribution < 1.29 is 4.74 Å². The van der Waals surface area contributed by atoms with E-state index in [1.807, 2.05) is 30.5 Å². The second-order valence-electron chi connectivity index (χ2n) is 5.09. The highest BCUT2D eigenvalue weighted by Crippen LogP contribution is 2.29. The lowest BCUT2D eigenvalue weighted by Crippen LogP contribution is -1.96. The van der Waals surface area contributed by atoms with E-state index in [1.165, 1.54) is 16.6 Å². The van der Waals surface area contributed by atoms with Gasteiger partial charge >= 0.3 is 0 Å². The zero-order valence-corrected chi connectivity index (χ0v) is 12.0. The highest BCUT2D eigenvalue weighted by molar-refractivity contribution is 5.88. The Kier molecular flexibility index (Phi) is 4.06. The van der Waals surface area contributed by atoms with Gasteiger partial charge in [0.25, 0.3) is 0 Å². The molecule has 0 aliphatic heterocycles. The first kappa shape index (κ1) is 13.5. The Balaban J connectivity index is 1.83. The van der Waals surface area contributed by atoms with E-state index in [4.69, 9.17) is 4.74 Å². The number of rotatable bonds is 6. The Morgan fingerprint density at radius 2 is 1.90 bits per heavy atom. The molecule has 0 bridgehead atoms. The highest BCUT2D eigenvalue weighted by Gasteiger charge is 2.08. The van der Waals surface area contributed by atoms with Crippen molar-refractivity contribution in [1.29, 1.82) is 0 Å². The van der Waals surface area contributed by atoms with Crippen LogP contribution in [-0.2, 0) is 13.0 Å². The largest absolute Gasteiger partial charge is 0.488 e. The highest BCUT2D eigenvalue weighted by atomic mass is 16.5. The third-order valence-electron chi connectivity index (χ3n) is 3.62. The van der Waals surface area contributed by atoms with E-state index in [9.17, 15) is 0 Å². The van der Waals surface area contributed by atoms with Gasteiger partial charge in [-0.05, 0) is 36.1 Å². The van der Waals surface area contributed by atoms with Crippen LogP contribution in [0.2, 0.25) is 0 Å². The van der Waals surface area contributed by atoms with Crippen LogP contribution in [0.15, 0.2) is 67.4 Å². The maximum Gasteiger partial charge on any atom is 0.129 e. The number of aromatic nitrogens is 1. The lowest BCUT2D eigenvalue weighted by molar-refractivity contribution is 0.310. The summed E-state index contributed by atoms with van der Waals surface area (Å²) in [4.78, 5) is 3.32. The number of H-pyrrole nitrogens is 1. The quantitative estimate of drug-likeness (QED) is 0.639. The van der Waals surface area contributed by atoms with Crippen LogP contribution in [0.3, 0.4) is 0 Å². The predicted octanol–water partition coefficient (Wildman–Crippen LogP) is 4.87. The van der Waals surface area contributed by atoms with E-state index in [2.05, 4.69) is 41.9 Å². The fraction of sp³-hybridized carbons (Fsp3) is 0.158. The number of fused-ring (bicyclic) bond motifs is 1. The first-order chi connectivity index (χ1) is 10.4. The molecule has 0 saturated carbocycles.